The lowest BCUT2D eigenvalue weighted by molar-refractivity contribution is -0.384. The highest BCUT2D eigenvalue weighted by molar-refractivity contribution is 5.80. The number of nitro groups is 1. The number of benzene rings is 2. The van der Waals surface area contributed by atoms with Crippen molar-refractivity contribution in [2.75, 3.05) is 41.9 Å². The second-order valence-corrected chi connectivity index (χ2v) is 6.59. The summed E-state index contributed by atoms with van der Waals surface area (Å²) >= 11 is 0. The van der Waals surface area contributed by atoms with Gasteiger partial charge < -0.3 is 15.0 Å². The van der Waals surface area contributed by atoms with Gasteiger partial charge in [0.1, 0.15) is 0 Å². The van der Waals surface area contributed by atoms with Gasteiger partial charge in [-0.05, 0) is 29.8 Å². The molecule has 0 aliphatic carbocycles. The molecule has 0 spiro atoms. The van der Waals surface area contributed by atoms with Crippen LogP contribution in [0, 0.1) is 10.1 Å². The summed E-state index contributed by atoms with van der Waals surface area (Å²) in [7, 11) is 0. The molecule has 2 N–H and O–H groups in total. The third kappa shape index (κ3) is 5.48. The smallest absolute Gasteiger partial charge is 0.269 e. The van der Waals surface area contributed by atoms with Gasteiger partial charge in [0.25, 0.3) is 5.69 Å². The molecule has 1 aromatic heterocycles. The third-order valence-electron chi connectivity index (χ3n) is 4.43. The Morgan fingerprint density at radius 2 is 1.71 bits per heavy atom. The second-order valence-electron chi connectivity index (χ2n) is 6.59. The average molecular weight is 420 g/mol. The number of para-hydroxylation sites is 1. The average Bonchev–Trinajstić information content (AvgIpc) is 2.80. The Bertz CT molecular complexity index is 1050. The molecule has 3 aromatic rings. The second kappa shape index (κ2) is 9.59. The topological polar surface area (TPSA) is 131 Å². The van der Waals surface area contributed by atoms with Crippen molar-refractivity contribution in [1.29, 1.82) is 0 Å². The zero-order valence-corrected chi connectivity index (χ0v) is 16.5. The lowest BCUT2D eigenvalue weighted by atomic mass is 10.2. The fourth-order valence-corrected chi connectivity index (χ4v) is 2.87. The molecule has 0 saturated carbocycles. The van der Waals surface area contributed by atoms with Crippen LogP contribution in [0.5, 0.6) is 0 Å². The normalized spacial score (nSPS) is 13.9. The van der Waals surface area contributed by atoms with Crippen molar-refractivity contribution in [3.05, 3.63) is 70.3 Å². The van der Waals surface area contributed by atoms with E-state index in [9.17, 15) is 10.1 Å². The minimum absolute atomic E-state index is 0.0226. The molecule has 0 atom stereocenters. The number of aromatic nitrogens is 3. The van der Waals surface area contributed by atoms with Gasteiger partial charge in [0.05, 0.1) is 24.4 Å². The van der Waals surface area contributed by atoms with E-state index >= 15 is 0 Å². The summed E-state index contributed by atoms with van der Waals surface area (Å²) in [6, 6.07) is 15.6. The van der Waals surface area contributed by atoms with Crippen LogP contribution in [0.4, 0.5) is 29.2 Å². The molecule has 2 heterocycles. The van der Waals surface area contributed by atoms with Crippen molar-refractivity contribution >= 4 is 35.4 Å². The van der Waals surface area contributed by atoms with Crippen molar-refractivity contribution < 1.29 is 9.66 Å². The first-order valence-corrected chi connectivity index (χ1v) is 9.62. The third-order valence-corrected chi connectivity index (χ3v) is 4.43. The maximum absolute atomic E-state index is 10.8. The van der Waals surface area contributed by atoms with E-state index in [0.717, 1.165) is 5.69 Å². The Kier molecular flexibility index (Phi) is 6.24. The molecule has 158 valence electrons. The number of non-ortho nitro benzene ring substituents is 1. The molecule has 31 heavy (non-hydrogen) atoms. The summed E-state index contributed by atoms with van der Waals surface area (Å²) in [6.07, 6.45) is 1.53. The molecule has 11 nitrogen and oxygen atoms in total. The number of anilines is 4. The molecule has 0 radical (unpaired) electrons. The highest BCUT2D eigenvalue weighted by atomic mass is 16.6. The standard InChI is InChI=1S/C20H20N8O3/c29-28(30)17-8-6-15(7-9-17)14-21-26-19-23-18(22-16-4-2-1-3-5-16)24-20(25-19)27-10-12-31-13-11-27/h1-9,14H,10-13H2,(H2,22,23,24,25,26). The maximum atomic E-state index is 10.8. The molecule has 4 rings (SSSR count). The van der Waals surface area contributed by atoms with Crippen LogP contribution in [0.1, 0.15) is 5.56 Å². The summed E-state index contributed by atoms with van der Waals surface area (Å²) in [6.45, 7) is 2.57. The zero-order chi connectivity index (χ0) is 21.5. The number of hydrogen-bond acceptors (Lipinski definition) is 10. The number of nitro benzene ring substituents is 1. The molecule has 2 aromatic carbocycles. The van der Waals surface area contributed by atoms with E-state index in [1.807, 2.05) is 35.2 Å². The fourth-order valence-electron chi connectivity index (χ4n) is 2.87. The van der Waals surface area contributed by atoms with Crippen LogP contribution in [0.2, 0.25) is 0 Å². The summed E-state index contributed by atoms with van der Waals surface area (Å²) < 4.78 is 5.40. The number of ether oxygens (including phenoxy) is 1. The van der Waals surface area contributed by atoms with Crippen LogP contribution in [0.3, 0.4) is 0 Å². The predicted octanol–water partition coefficient (Wildman–Crippen LogP) is 2.81. The van der Waals surface area contributed by atoms with Gasteiger partial charge in [-0.15, -0.1) is 0 Å². The highest BCUT2D eigenvalue weighted by Gasteiger charge is 2.16. The van der Waals surface area contributed by atoms with Crippen LogP contribution in [-0.2, 0) is 4.74 Å². The van der Waals surface area contributed by atoms with Crippen molar-refractivity contribution in [1.82, 2.24) is 15.0 Å². The molecule has 1 aliphatic heterocycles. The fraction of sp³-hybridized carbons (Fsp3) is 0.200. The number of rotatable bonds is 7. The molecule has 0 bridgehead atoms. The summed E-state index contributed by atoms with van der Waals surface area (Å²) in [5.41, 5.74) is 4.38. The summed E-state index contributed by atoms with van der Waals surface area (Å²) in [5.74, 6) is 1.17. The summed E-state index contributed by atoms with van der Waals surface area (Å²) in [5, 5.41) is 18.1. The minimum atomic E-state index is -0.446. The van der Waals surface area contributed by atoms with Gasteiger partial charge >= 0.3 is 0 Å². The lowest BCUT2D eigenvalue weighted by Crippen LogP contribution is -2.37. The minimum Gasteiger partial charge on any atom is -0.378 e. The van der Waals surface area contributed by atoms with Crippen molar-refractivity contribution in [3.63, 3.8) is 0 Å². The van der Waals surface area contributed by atoms with Gasteiger partial charge in [-0.1, -0.05) is 18.2 Å². The molecule has 11 heteroatoms. The van der Waals surface area contributed by atoms with Gasteiger partial charge in [-0.25, -0.2) is 5.43 Å². The van der Waals surface area contributed by atoms with Gasteiger partial charge in [0.15, 0.2) is 0 Å². The number of hydrazone groups is 1. The first-order valence-electron chi connectivity index (χ1n) is 9.62. The highest BCUT2D eigenvalue weighted by Crippen LogP contribution is 2.18. The molecule has 1 saturated heterocycles. The number of nitrogens with zero attached hydrogens (tertiary/aromatic N) is 6. The molecule has 1 fully saturated rings. The molecule has 0 unspecified atom stereocenters. The van der Waals surface area contributed by atoms with E-state index in [2.05, 4.69) is 30.8 Å². The van der Waals surface area contributed by atoms with Crippen molar-refractivity contribution in [3.8, 4) is 0 Å². The van der Waals surface area contributed by atoms with Gasteiger partial charge in [0.2, 0.25) is 17.8 Å². The van der Waals surface area contributed by atoms with E-state index in [1.165, 1.54) is 18.3 Å². The predicted molar refractivity (Wildman–Crippen MR) is 117 cm³/mol. The van der Waals surface area contributed by atoms with Crippen LogP contribution in [-0.4, -0.2) is 52.4 Å². The van der Waals surface area contributed by atoms with E-state index in [0.29, 0.717) is 43.8 Å². The maximum Gasteiger partial charge on any atom is 0.269 e. The number of hydrogen-bond donors (Lipinski definition) is 2. The van der Waals surface area contributed by atoms with Gasteiger partial charge in [0, 0.05) is 30.9 Å². The van der Waals surface area contributed by atoms with Crippen LogP contribution in [0.25, 0.3) is 0 Å². The molecular formula is C20H20N8O3. The van der Waals surface area contributed by atoms with E-state index in [1.54, 1.807) is 12.1 Å². The Balaban J connectivity index is 1.53. The summed E-state index contributed by atoms with van der Waals surface area (Å²) in [4.78, 5) is 25.7. The van der Waals surface area contributed by atoms with Crippen LogP contribution >= 0.6 is 0 Å². The van der Waals surface area contributed by atoms with E-state index < -0.39 is 4.92 Å². The number of morpholine rings is 1. The van der Waals surface area contributed by atoms with Crippen molar-refractivity contribution in [2.45, 2.75) is 0 Å². The zero-order valence-electron chi connectivity index (χ0n) is 16.5. The SMILES string of the molecule is O=[N+]([O-])c1ccc(C=NNc2nc(Nc3ccccc3)nc(N3CCOCC3)n2)cc1. The Morgan fingerprint density at radius 3 is 2.42 bits per heavy atom. The van der Waals surface area contributed by atoms with Gasteiger partial charge in [-0.3, -0.25) is 10.1 Å². The van der Waals surface area contributed by atoms with Crippen molar-refractivity contribution in [2.24, 2.45) is 5.10 Å². The van der Waals surface area contributed by atoms with E-state index in [4.69, 9.17) is 4.74 Å². The number of nitrogens with one attached hydrogen (secondary N) is 2. The monoisotopic (exact) mass is 420 g/mol. The molecular weight excluding hydrogens is 400 g/mol. The molecule has 1 aliphatic rings. The van der Waals surface area contributed by atoms with Gasteiger partial charge in [-0.2, -0.15) is 20.1 Å². The first-order chi connectivity index (χ1) is 15.2. The first kappa shape index (κ1) is 20.2. The Labute approximate surface area is 178 Å². The lowest BCUT2D eigenvalue weighted by Gasteiger charge is -2.27. The molecule has 0 amide bonds. The van der Waals surface area contributed by atoms with E-state index in [-0.39, 0.29) is 11.6 Å². The Hall–Kier alpha value is -4.12. The van der Waals surface area contributed by atoms with Crippen LogP contribution < -0.4 is 15.6 Å². The Morgan fingerprint density at radius 1 is 1.00 bits per heavy atom. The van der Waals surface area contributed by atoms with Crippen LogP contribution in [0.15, 0.2) is 59.7 Å². The quantitative estimate of drug-likeness (QED) is 0.336. The largest absolute Gasteiger partial charge is 0.378 e.